The van der Waals surface area contributed by atoms with Crippen LogP contribution in [-0.4, -0.2) is 22.4 Å². The number of hydrogen-bond acceptors (Lipinski definition) is 2. The highest BCUT2D eigenvalue weighted by atomic mass is 16.3. The average molecular weight is 144 g/mol. The molecule has 0 heterocycles. The van der Waals surface area contributed by atoms with Crippen LogP contribution in [0.4, 0.5) is 0 Å². The first kappa shape index (κ1) is 8.02. The van der Waals surface area contributed by atoms with Crippen molar-refractivity contribution in [2.24, 2.45) is 5.92 Å². The minimum atomic E-state index is -0.460. The van der Waals surface area contributed by atoms with Crippen LogP contribution in [0, 0.1) is 5.92 Å². The Morgan fingerprint density at radius 1 is 1.20 bits per heavy atom. The van der Waals surface area contributed by atoms with Crippen molar-refractivity contribution in [3.8, 4) is 0 Å². The summed E-state index contributed by atoms with van der Waals surface area (Å²) in [4.78, 5) is 0. The van der Waals surface area contributed by atoms with Crippen LogP contribution in [0.3, 0.4) is 0 Å². The monoisotopic (exact) mass is 144 g/mol. The van der Waals surface area contributed by atoms with Crippen LogP contribution in [-0.2, 0) is 0 Å². The van der Waals surface area contributed by atoms with E-state index in [0.29, 0.717) is 5.92 Å². The maximum Gasteiger partial charge on any atom is 0.0801 e. The van der Waals surface area contributed by atoms with Crippen molar-refractivity contribution in [2.45, 2.75) is 44.8 Å². The van der Waals surface area contributed by atoms with Crippen LogP contribution in [0.15, 0.2) is 0 Å². The van der Waals surface area contributed by atoms with Gasteiger partial charge >= 0.3 is 0 Å². The molecule has 0 spiro atoms. The van der Waals surface area contributed by atoms with E-state index >= 15 is 0 Å². The molecule has 1 unspecified atom stereocenters. The van der Waals surface area contributed by atoms with Gasteiger partial charge in [-0.05, 0) is 25.2 Å². The molecule has 0 bridgehead atoms. The van der Waals surface area contributed by atoms with Crippen molar-refractivity contribution >= 4 is 0 Å². The fourth-order valence-corrected chi connectivity index (χ4v) is 1.59. The van der Waals surface area contributed by atoms with Gasteiger partial charge in [-0.25, -0.2) is 0 Å². The van der Waals surface area contributed by atoms with Crippen molar-refractivity contribution in [3.63, 3.8) is 0 Å². The summed E-state index contributed by atoms with van der Waals surface area (Å²) >= 11 is 0. The maximum absolute atomic E-state index is 9.23. The molecule has 0 aromatic carbocycles. The molecule has 3 atom stereocenters. The lowest BCUT2D eigenvalue weighted by molar-refractivity contribution is -0.0257. The summed E-state index contributed by atoms with van der Waals surface area (Å²) in [5, 5.41) is 18.4. The fraction of sp³-hybridized carbons (Fsp3) is 1.00. The smallest absolute Gasteiger partial charge is 0.0801 e. The minimum Gasteiger partial charge on any atom is -0.390 e. The Morgan fingerprint density at radius 3 is 2.40 bits per heavy atom. The van der Waals surface area contributed by atoms with Gasteiger partial charge in [-0.3, -0.25) is 0 Å². The van der Waals surface area contributed by atoms with Gasteiger partial charge in [-0.1, -0.05) is 13.3 Å². The van der Waals surface area contributed by atoms with Crippen LogP contribution < -0.4 is 0 Å². The Hall–Kier alpha value is -0.0800. The first-order valence-electron chi connectivity index (χ1n) is 4.10. The van der Waals surface area contributed by atoms with E-state index < -0.39 is 12.2 Å². The van der Waals surface area contributed by atoms with Crippen molar-refractivity contribution in [2.75, 3.05) is 0 Å². The summed E-state index contributed by atoms with van der Waals surface area (Å²) in [6, 6.07) is 0. The zero-order valence-electron chi connectivity index (χ0n) is 6.45. The van der Waals surface area contributed by atoms with Gasteiger partial charge in [0.05, 0.1) is 12.2 Å². The van der Waals surface area contributed by atoms with Gasteiger partial charge < -0.3 is 10.2 Å². The van der Waals surface area contributed by atoms with E-state index in [1.165, 1.54) is 0 Å². The summed E-state index contributed by atoms with van der Waals surface area (Å²) < 4.78 is 0. The predicted octanol–water partition coefficient (Wildman–Crippen LogP) is 0.918. The molecule has 0 aliphatic heterocycles. The zero-order chi connectivity index (χ0) is 7.56. The van der Waals surface area contributed by atoms with Gasteiger partial charge in [0.2, 0.25) is 0 Å². The predicted molar refractivity (Wildman–Crippen MR) is 39.6 cm³/mol. The highest BCUT2D eigenvalue weighted by Gasteiger charge is 2.25. The van der Waals surface area contributed by atoms with Gasteiger partial charge in [-0.15, -0.1) is 0 Å². The van der Waals surface area contributed by atoms with Crippen LogP contribution in [0.25, 0.3) is 0 Å². The Balaban J connectivity index is 2.33. The van der Waals surface area contributed by atoms with E-state index in [4.69, 9.17) is 5.11 Å². The Labute approximate surface area is 61.9 Å². The number of aliphatic hydroxyl groups excluding tert-OH is 2. The molecule has 1 saturated carbocycles. The summed E-state index contributed by atoms with van der Waals surface area (Å²) in [5.41, 5.74) is 0. The highest BCUT2D eigenvalue weighted by molar-refractivity contribution is 4.78. The second-order valence-electron chi connectivity index (χ2n) is 3.22. The molecule has 1 fully saturated rings. The van der Waals surface area contributed by atoms with E-state index in [-0.39, 0.29) is 0 Å². The molecule has 1 aliphatic carbocycles. The van der Waals surface area contributed by atoms with Crippen molar-refractivity contribution in [1.29, 1.82) is 0 Å². The second-order valence-corrected chi connectivity index (χ2v) is 3.22. The van der Waals surface area contributed by atoms with E-state index in [0.717, 1.165) is 25.7 Å². The quantitative estimate of drug-likeness (QED) is 0.574. The molecule has 0 aromatic heterocycles. The lowest BCUT2D eigenvalue weighted by Gasteiger charge is -2.29. The second kappa shape index (κ2) is 3.35. The van der Waals surface area contributed by atoms with E-state index in [9.17, 15) is 5.11 Å². The number of hydrogen-bond donors (Lipinski definition) is 2. The molecular formula is C8H16O2. The van der Waals surface area contributed by atoms with Gasteiger partial charge in [-0.2, -0.15) is 0 Å². The molecule has 0 aromatic rings. The third-order valence-electron chi connectivity index (χ3n) is 2.47. The zero-order valence-corrected chi connectivity index (χ0v) is 6.45. The van der Waals surface area contributed by atoms with Crippen molar-refractivity contribution < 1.29 is 10.2 Å². The topological polar surface area (TPSA) is 40.5 Å². The summed E-state index contributed by atoms with van der Waals surface area (Å²) in [6.07, 6.45) is 2.86. The first-order chi connectivity index (χ1) is 4.74. The molecule has 1 rings (SSSR count). The fourth-order valence-electron chi connectivity index (χ4n) is 1.59. The Morgan fingerprint density at radius 2 is 1.90 bits per heavy atom. The Bertz CT molecular complexity index is 103. The molecule has 2 N–H and O–H groups in total. The standard InChI is InChI=1S/C8H16O2/c1-2-6-3-4-7(9)8(10)5-6/h6-10H,2-5H2,1H3/t6?,7-,8-/m1/s1. The minimum absolute atomic E-state index is 0.456. The third-order valence-corrected chi connectivity index (χ3v) is 2.47. The average Bonchev–Trinajstić information content (AvgIpc) is 1.95. The van der Waals surface area contributed by atoms with Crippen molar-refractivity contribution in [3.05, 3.63) is 0 Å². The summed E-state index contributed by atoms with van der Waals surface area (Å²) in [5.74, 6) is 0.637. The van der Waals surface area contributed by atoms with E-state index in [1.807, 2.05) is 0 Å². The lowest BCUT2D eigenvalue weighted by atomic mass is 9.84. The van der Waals surface area contributed by atoms with Gasteiger partial charge in [0, 0.05) is 0 Å². The number of rotatable bonds is 1. The molecule has 0 radical (unpaired) electrons. The lowest BCUT2D eigenvalue weighted by Crippen LogP contribution is -2.33. The largest absolute Gasteiger partial charge is 0.390 e. The first-order valence-corrected chi connectivity index (χ1v) is 4.10. The molecule has 0 saturated heterocycles. The molecule has 2 nitrogen and oxygen atoms in total. The number of aliphatic hydroxyl groups is 2. The van der Waals surface area contributed by atoms with Crippen LogP contribution in [0.1, 0.15) is 32.6 Å². The molecular weight excluding hydrogens is 128 g/mol. The normalized spacial score (nSPS) is 41.7. The molecule has 0 amide bonds. The third kappa shape index (κ3) is 1.70. The van der Waals surface area contributed by atoms with E-state index in [1.54, 1.807) is 0 Å². The van der Waals surface area contributed by atoms with Gasteiger partial charge in [0.1, 0.15) is 0 Å². The van der Waals surface area contributed by atoms with Crippen LogP contribution in [0.2, 0.25) is 0 Å². The van der Waals surface area contributed by atoms with Crippen molar-refractivity contribution in [1.82, 2.24) is 0 Å². The SMILES string of the molecule is CCC1CC[C@@H](O)[C@H](O)C1. The van der Waals surface area contributed by atoms with E-state index in [2.05, 4.69) is 6.92 Å². The van der Waals surface area contributed by atoms with Gasteiger partial charge in [0.25, 0.3) is 0 Å². The summed E-state index contributed by atoms with van der Waals surface area (Å²) in [7, 11) is 0. The van der Waals surface area contributed by atoms with Gasteiger partial charge in [0.15, 0.2) is 0 Å². The summed E-state index contributed by atoms with van der Waals surface area (Å²) in [6.45, 7) is 2.13. The highest BCUT2D eigenvalue weighted by Crippen LogP contribution is 2.26. The van der Waals surface area contributed by atoms with Crippen LogP contribution >= 0.6 is 0 Å². The molecule has 10 heavy (non-hydrogen) atoms. The Kier molecular flexibility index (Phi) is 2.69. The maximum atomic E-state index is 9.23. The molecule has 1 aliphatic rings. The molecule has 60 valence electrons. The van der Waals surface area contributed by atoms with Crippen LogP contribution in [0.5, 0.6) is 0 Å². The molecule has 2 heteroatoms.